The van der Waals surface area contributed by atoms with Crippen molar-refractivity contribution in [3.8, 4) is 22.4 Å². The third-order valence-corrected chi connectivity index (χ3v) is 6.19. The predicted molar refractivity (Wildman–Crippen MR) is 119 cm³/mol. The van der Waals surface area contributed by atoms with E-state index in [4.69, 9.17) is 9.84 Å². The lowest BCUT2D eigenvalue weighted by Crippen LogP contribution is -2.44. The number of benzene rings is 1. The molecule has 0 saturated carbocycles. The second kappa shape index (κ2) is 8.80. The van der Waals surface area contributed by atoms with Gasteiger partial charge in [0, 0.05) is 56.6 Å². The number of nitrogens with zero attached hydrogens (tertiary/aromatic N) is 4. The lowest BCUT2D eigenvalue weighted by Gasteiger charge is -2.37. The minimum atomic E-state index is -0.276. The summed E-state index contributed by atoms with van der Waals surface area (Å²) in [6, 6.07) is 10.8. The number of fused-ring (bicyclic) bond motifs is 1. The van der Waals surface area contributed by atoms with Gasteiger partial charge in [0.2, 0.25) is 5.91 Å². The molecule has 2 aromatic heterocycles. The fourth-order valence-electron chi connectivity index (χ4n) is 4.65. The Balaban J connectivity index is 1.59. The molecule has 1 aromatic carbocycles. The van der Waals surface area contributed by atoms with E-state index in [2.05, 4.69) is 19.9 Å². The summed E-state index contributed by atoms with van der Waals surface area (Å²) in [7, 11) is 0. The topological polar surface area (TPSA) is 72.3 Å². The number of hydrogen-bond donors (Lipinski definition) is 1. The van der Waals surface area contributed by atoms with E-state index >= 15 is 0 Å². The average Bonchev–Trinajstić information content (AvgIpc) is 3.18. The van der Waals surface area contributed by atoms with Gasteiger partial charge in [-0.25, -0.2) is 9.37 Å². The first kappa shape index (κ1) is 20.8. The molecular formula is C24H26FN5O2. The van der Waals surface area contributed by atoms with E-state index in [0.29, 0.717) is 11.9 Å². The number of pyridine rings is 1. The molecular weight excluding hydrogens is 409 g/mol. The number of hydrogen-bond acceptors (Lipinski definition) is 5. The Morgan fingerprint density at radius 3 is 2.66 bits per heavy atom. The molecule has 4 heterocycles. The van der Waals surface area contributed by atoms with Gasteiger partial charge in [0.25, 0.3) is 0 Å². The molecule has 7 nitrogen and oxygen atoms in total. The number of amides is 1. The first-order valence-electron chi connectivity index (χ1n) is 11.0. The third kappa shape index (κ3) is 4.16. The monoisotopic (exact) mass is 435 g/mol. The summed E-state index contributed by atoms with van der Waals surface area (Å²) >= 11 is 0. The highest BCUT2D eigenvalue weighted by molar-refractivity contribution is 5.89. The Kier molecular flexibility index (Phi) is 5.71. The molecule has 5 rings (SSSR count). The van der Waals surface area contributed by atoms with Gasteiger partial charge < -0.3 is 10.1 Å². The normalized spacial score (nSPS) is 17.2. The van der Waals surface area contributed by atoms with Gasteiger partial charge in [-0.3, -0.25) is 14.4 Å². The molecule has 2 aliphatic rings. The first-order valence-corrected chi connectivity index (χ1v) is 11.0. The Bertz CT molecular complexity index is 1120. The molecule has 166 valence electrons. The van der Waals surface area contributed by atoms with Crippen LogP contribution in [-0.4, -0.2) is 51.4 Å². The molecule has 0 atom stereocenters. The SMILES string of the molecule is CC(=O)Nc1cc(-c2c(-c3ccc(F)cc3)nn3c2CN(C2CCOCC2)CC3)ccn1. The fourth-order valence-corrected chi connectivity index (χ4v) is 4.65. The van der Waals surface area contributed by atoms with Crippen molar-refractivity contribution < 1.29 is 13.9 Å². The molecule has 3 aromatic rings. The van der Waals surface area contributed by atoms with E-state index in [-0.39, 0.29) is 11.7 Å². The van der Waals surface area contributed by atoms with Crippen LogP contribution in [0.15, 0.2) is 42.6 Å². The van der Waals surface area contributed by atoms with Crippen molar-refractivity contribution in [2.45, 2.75) is 38.9 Å². The smallest absolute Gasteiger partial charge is 0.222 e. The zero-order valence-corrected chi connectivity index (χ0v) is 18.1. The number of nitrogens with one attached hydrogen (secondary N) is 1. The molecule has 1 amide bonds. The van der Waals surface area contributed by atoms with Crippen LogP contribution in [-0.2, 0) is 22.6 Å². The van der Waals surface area contributed by atoms with Crippen LogP contribution in [0.2, 0.25) is 0 Å². The zero-order chi connectivity index (χ0) is 22.1. The van der Waals surface area contributed by atoms with Crippen molar-refractivity contribution in [2.75, 3.05) is 25.1 Å². The Labute approximate surface area is 186 Å². The lowest BCUT2D eigenvalue weighted by atomic mass is 9.97. The van der Waals surface area contributed by atoms with E-state index in [1.165, 1.54) is 19.1 Å². The zero-order valence-electron chi connectivity index (χ0n) is 18.1. The number of aromatic nitrogens is 3. The molecule has 0 radical (unpaired) electrons. The van der Waals surface area contributed by atoms with E-state index < -0.39 is 0 Å². The summed E-state index contributed by atoms with van der Waals surface area (Å²) in [6.07, 6.45) is 3.77. The van der Waals surface area contributed by atoms with Crippen LogP contribution in [0.25, 0.3) is 22.4 Å². The number of ether oxygens (including phenoxy) is 1. The molecule has 2 aliphatic heterocycles. The number of carbonyl (C=O) groups is 1. The van der Waals surface area contributed by atoms with Crippen LogP contribution in [0, 0.1) is 5.82 Å². The quantitative estimate of drug-likeness (QED) is 0.677. The maximum Gasteiger partial charge on any atom is 0.222 e. The van der Waals surface area contributed by atoms with Crippen molar-refractivity contribution in [3.05, 3.63) is 54.1 Å². The van der Waals surface area contributed by atoms with Crippen LogP contribution in [0.4, 0.5) is 10.2 Å². The van der Waals surface area contributed by atoms with Gasteiger partial charge in [0.05, 0.1) is 12.2 Å². The van der Waals surface area contributed by atoms with E-state index in [1.54, 1.807) is 18.3 Å². The number of halogens is 1. The molecule has 0 bridgehead atoms. The molecule has 0 spiro atoms. The maximum absolute atomic E-state index is 13.6. The van der Waals surface area contributed by atoms with Crippen LogP contribution in [0.1, 0.15) is 25.5 Å². The summed E-state index contributed by atoms with van der Waals surface area (Å²) < 4.78 is 21.2. The maximum atomic E-state index is 13.6. The van der Waals surface area contributed by atoms with Gasteiger partial charge in [-0.05, 0) is 54.8 Å². The van der Waals surface area contributed by atoms with Crippen molar-refractivity contribution in [2.24, 2.45) is 0 Å². The van der Waals surface area contributed by atoms with Gasteiger partial charge in [0.15, 0.2) is 0 Å². The number of carbonyl (C=O) groups excluding carboxylic acids is 1. The van der Waals surface area contributed by atoms with Gasteiger partial charge in [-0.1, -0.05) is 0 Å². The summed E-state index contributed by atoms with van der Waals surface area (Å²) in [5.41, 5.74) is 4.73. The first-order chi connectivity index (χ1) is 15.6. The van der Waals surface area contributed by atoms with Crippen LogP contribution < -0.4 is 5.32 Å². The summed E-state index contributed by atoms with van der Waals surface area (Å²) in [5, 5.41) is 7.70. The summed E-state index contributed by atoms with van der Waals surface area (Å²) in [5.74, 6) is 0.0510. The minimum Gasteiger partial charge on any atom is -0.381 e. The second-order valence-corrected chi connectivity index (χ2v) is 8.33. The second-order valence-electron chi connectivity index (χ2n) is 8.33. The molecule has 0 unspecified atom stereocenters. The largest absolute Gasteiger partial charge is 0.381 e. The predicted octanol–water partition coefficient (Wildman–Crippen LogP) is 3.70. The standard InChI is InChI=1S/C24H26FN5O2/c1-16(31)27-22-14-18(6-9-26-22)23-21-15-29(20-7-12-32-13-8-20)10-11-30(21)28-24(23)17-2-4-19(25)5-3-17/h2-6,9,14,20H,7-8,10-13,15H2,1H3,(H,26,27,31). The van der Waals surface area contributed by atoms with Crippen molar-refractivity contribution in [1.82, 2.24) is 19.7 Å². The van der Waals surface area contributed by atoms with Crippen LogP contribution >= 0.6 is 0 Å². The number of anilines is 1. The Morgan fingerprint density at radius 2 is 1.91 bits per heavy atom. The molecule has 1 fully saturated rings. The average molecular weight is 436 g/mol. The highest BCUT2D eigenvalue weighted by atomic mass is 19.1. The van der Waals surface area contributed by atoms with E-state index in [1.807, 2.05) is 12.1 Å². The van der Waals surface area contributed by atoms with Gasteiger partial charge in [-0.15, -0.1) is 0 Å². The van der Waals surface area contributed by atoms with Gasteiger partial charge in [0.1, 0.15) is 17.3 Å². The summed E-state index contributed by atoms with van der Waals surface area (Å²) in [4.78, 5) is 18.4. The number of rotatable bonds is 4. The highest BCUT2D eigenvalue weighted by Crippen LogP contribution is 2.38. The van der Waals surface area contributed by atoms with E-state index in [0.717, 1.165) is 73.8 Å². The molecule has 8 heteroatoms. The van der Waals surface area contributed by atoms with Gasteiger partial charge in [-0.2, -0.15) is 5.10 Å². The molecule has 0 aliphatic carbocycles. The Hall–Kier alpha value is -3.10. The fraction of sp³-hybridized carbons (Fsp3) is 0.375. The molecule has 1 saturated heterocycles. The Morgan fingerprint density at radius 1 is 1.12 bits per heavy atom. The lowest BCUT2D eigenvalue weighted by molar-refractivity contribution is -0.114. The highest BCUT2D eigenvalue weighted by Gasteiger charge is 2.30. The van der Waals surface area contributed by atoms with Gasteiger partial charge >= 0.3 is 0 Å². The van der Waals surface area contributed by atoms with Crippen molar-refractivity contribution in [3.63, 3.8) is 0 Å². The van der Waals surface area contributed by atoms with Crippen molar-refractivity contribution >= 4 is 11.7 Å². The van der Waals surface area contributed by atoms with Crippen LogP contribution in [0.5, 0.6) is 0 Å². The van der Waals surface area contributed by atoms with Crippen LogP contribution in [0.3, 0.4) is 0 Å². The molecule has 32 heavy (non-hydrogen) atoms. The summed E-state index contributed by atoms with van der Waals surface area (Å²) in [6.45, 7) is 5.59. The molecule has 1 N–H and O–H groups in total. The van der Waals surface area contributed by atoms with Crippen molar-refractivity contribution in [1.29, 1.82) is 0 Å². The minimum absolute atomic E-state index is 0.170. The van der Waals surface area contributed by atoms with E-state index in [9.17, 15) is 9.18 Å². The third-order valence-electron chi connectivity index (χ3n) is 6.19.